The highest BCUT2D eigenvalue weighted by Gasteiger charge is 2.33. The van der Waals surface area contributed by atoms with Gasteiger partial charge in [0.05, 0.1) is 5.92 Å². The van der Waals surface area contributed by atoms with Gasteiger partial charge in [-0.25, -0.2) is 0 Å². The third-order valence-electron chi connectivity index (χ3n) is 5.04. The van der Waals surface area contributed by atoms with Gasteiger partial charge in [-0.05, 0) is 28.8 Å². The number of amides is 1. The molecule has 0 aromatic heterocycles. The smallest absolute Gasteiger partial charge is 0.229 e. The highest BCUT2D eigenvalue weighted by Crippen LogP contribution is 2.29. The van der Waals surface area contributed by atoms with E-state index in [1.807, 2.05) is 60.7 Å². The Morgan fingerprint density at radius 1 is 0.778 bits per heavy atom. The Bertz CT molecular complexity index is 860. The molecule has 27 heavy (non-hydrogen) atoms. The predicted molar refractivity (Wildman–Crippen MR) is 113 cm³/mol. The number of rotatable bonds is 4. The zero-order valence-corrected chi connectivity index (χ0v) is 14.6. The number of anilines is 1. The van der Waals surface area contributed by atoms with E-state index in [4.69, 9.17) is 0 Å². The summed E-state index contributed by atoms with van der Waals surface area (Å²) in [4.78, 5) is 12.8. The minimum absolute atomic E-state index is 0. The van der Waals surface area contributed by atoms with Gasteiger partial charge in [0.1, 0.15) is 0 Å². The summed E-state index contributed by atoms with van der Waals surface area (Å²) < 4.78 is 0. The summed E-state index contributed by atoms with van der Waals surface area (Å²) in [7, 11) is 0. The molecule has 1 aliphatic rings. The first-order valence-electron chi connectivity index (χ1n) is 9.03. The number of hydrogen-bond donors (Lipinski definition) is 2. The molecule has 4 rings (SSSR count). The van der Waals surface area contributed by atoms with Gasteiger partial charge in [0.25, 0.3) is 0 Å². The molecule has 2 unspecified atom stereocenters. The second kappa shape index (κ2) is 8.65. The molecule has 3 aromatic carbocycles. The fourth-order valence-corrected chi connectivity index (χ4v) is 3.62. The van der Waals surface area contributed by atoms with Crippen LogP contribution in [0.4, 0.5) is 5.69 Å². The average molecular weight is 358 g/mol. The van der Waals surface area contributed by atoms with Crippen LogP contribution in [-0.2, 0) is 4.79 Å². The van der Waals surface area contributed by atoms with Gasteiger partial charge in [0.15, 0.2) is 0 Å². The first kappa shape index (κ1) is 18.9. The molecule has 0 radical (unpaired) electrons. The monoisotopic (exact) mass is 358 g/mol. The second-order valence-electron chi connectivity index (χ2n) is 6.71. The molecule has 0 saturated carbocycles. The first-order chi connectivity index (χ1) is 12.8. The molecule has 2 N–H and O–H groups in total. The number of nitrogens with one attached hydrogen (secondary N) is 2. The molecule has 1 amide bonds. The van der Waals surface area contributed by atoms with Crippen LogP contribution in [0.2, 0.25) is 0 Å². The maximum Gasteiger partial charge on any atom is 0.229 e. The van der Waals surface area contributed by atoms with Gasteiger partial charge in [-0.1, -0.05) is 80.2 Å². The van der Waals surface area contributed by atoms with Crippen LogP contribution in [0.5, 0.6) is 0 Å². The van der Waals surface area contributed by atoms with Crippen LogP contribution < -0.4 is 10.6 Å². The Morgan fingerprint density at radius 2 is 1.37 bits per heavy atom. The van der Waals surface area contributed by atoms with E-state index in [0.29, 0.717) is 6.54 Å². The number of hydrogen-bond acceptors (Lipinski definition) is 2. The summed E-state index contributed by atoms with van der Waals surface area (Å²) in [6, 6.07) is 28.6. The molecule has 3 aromatic rings. The van der Waals surface area contributed by atoms with Crippen LogP contribution in [0.25, 0.3) is 11.1 Å². The first-order valence-corrected chi connectivity index (χ1v) is 9.03. The van der Waals surface area contributed by atoms with Gasteiger partial charge in [-0.3, -0.25) is 4.79 Å². The Kier molecular flexibility index (Phi) is 6.05. The standard InChI is InChI=1S/C23H22N2O.CH4/c26-23(22-16-24-15-21(22)19-9-5-2-6-10-19)25-20-13-11-18(12-14-20)17-7-3-1-4-8-17;/h1-14,21-22,24H,15-16H2,(H,25,26);1H4. The minimum Gasteiger partial charge on any atom is -0.326 e. The van der Waals surface area contributed by atoms with Crippen molar-refractivity contribution in [1.82, 2.24) is 5.32 Å². The summed E-state index contributed by atoms with van der Waals surface area (Å²) >= 11 is 0. The van der Waals surface area contributed by atoms with Crippen molar-refractivity contribution in [2.75, 3.05) is 18.4 Å². The normalized spacial score (nSPS) is 18.5. The van der Waals surface area contributed by atoms with Crippen molar-refractivity contribution in [3.63, 3.8) is 0 Å². The maximum atomic E-state index is 12.8. The summed E-state index contributed by atoms with van der Waals surface area (Å²) in [6.45, 7) is 1.56. The molecule has 1 fully saturated rings. The lowest BCUT2D eigenvalue weighted by Gasteiger charge is -2.18. The van der Waals surface area contributed by atoms with Gasteiger partial charge < -0.3 is 10.6 Å². The highest BCUT2D eigenvalue weighted by atomic mass is 16.1. The van der Waals surface area contributed by atoms with Crippen molar-refractivity contribution in [2.45, 2.75) is 13.3 Å². The third-order valence-corrected chi connectivity index (χ3v) is 5.04. The van der Waals surface area contributed by atoms with Gasteiger partial charge in [0, 0.05) is 24.7 Å². The molecule has 0 bridgehead atoms. The average Bonchev–Trinajstić information content (AvgIpc) is 3.20. The lowest BCUT2D eigenvalue weighted by Crippen LogP contribution is -2.28. The van der Waals surface area contributed by atoms with Gasteiger partial charge in [0.2, 0.25) is 5.91 Å². The van der Waals surface area contributed by atoms with E-state index in [2.05, 4.69) is 34.9 Å². The molecule has 3 nitrogen and oxygen atoms in total. The van der Waals surface area contributed by atoms with Gasteiger partial charge in [-0.15, -0.1) is 0 Å². The summed E-state index contributed by atoms with van der Waals surface area (Å²) in [5, 5.41) is 6.44. The van der Waals surface area contributed by atoms with E-state index in [0.717, 1.165) is 17.8 Å². The quantitative estimate of drug-likeness (QED) is 0.694. The zero-order chi connectivity index (χ0) is 17.8. The summed E-state index contributed by atoms with van der Waals surface area (Å²) in [5.74, 6) is 0.252. The Balaban J connectivity index is 0.00000210. The molecule has 0 aliphatic carbocycles. The van der Waals surface area contributed by atoms with Crippen molar-refractivity contribution in [3.8, 4) is 11.1 Å². The molecule has 1 saturated heterocycles. The van der Waals surface area contributed by atoms with E-state index in [-0.39, 0.29) is 25.2 Å². The van der Waals surface area contributed by atoms with E-state index in [1.165, 1.54) is 11.1 Å². The topological polar surface area (TPSA) is 41.1 Å². The van der Waals surface area contributed by atoms with Crippen LogP contribution in [0.3, 0.4) is 0 Å². The third kappa shape index (κ3) is 4.26. The number of carbonyl (C=O) groups is 1. The number of benzene rings is 3. The maximum absolute atomic E-state index is 12.8. The second-order valence-corrected chi connectivity index (χ2v) is 6.71. The van der Waals surface area contributed by atoms with Crippen LogP contribution in [0.1, 0.15) is 18.9 Å². The molecule has 1 heterocycles. The minimum atomic E-state index is -0.0498. The lowest BCUT2D eigenvalue weighted by molar-refractivity contribution is -0.119. The van der Waals surface area contributed by atoms with Crippen molar-refractivity contribution in [2.24, 2.45) is 5.92 Å². The SMILES string of the molecule is C.O=C(Nc1ccc(-c2ccccc2)cc1)C1CNCC1c1ccccc1. The van der Waals surface area contributed by atoms with Crippen molar-refractivity contribution >= 4 is 11.6 Å². The molecule has 2 atom stereocenters. The van der Waals surface area contributed by atoms with Crippen molar-refractivity contribution in [3.05, 3.63) is 90.5 Å². The molecule has 1 aliphatic heterocycles. The van der Waals surface area contributed by atoms with Gasteiger partial charge in [-0.2, -0.15) is 0 Å². The van der Waals surface area contributed by atoms with Crippen molar-refractivity contribution < 1.29 is 4.79 Å². The Hall–Kier alpha value is -2.91. The summed E-state index contributed by atoms with van der Waals surface area (Å²) in [6.07, 6.45) is 0. The number of carbonyl (C=O) groups excluding carboxylic acids is 1. The summed E-state index contributed by atoms with van der Waals surface area (Å²) in [5.41, 5.74) is 4.38. The molecular weight excluding hydrogens is 332 g/mol. The Labute approximate surface area is 161 Å². The van der Waals surface area contributed by atoms with Crippen LogP contribution in [0.15, 0.2) is 84.9 Å². The van der Waals surface area contributed by atoms with Crippen LogP contribution in [-0.4, -0.2) is 19.0 Å². The molecular formula is C24H26N2O. The lowest BCUT2D eigenvalue weighted by atomic mass is 9.88. The van der Waals surface area contributed by atoms with E-state index < -0.39 is 0 Å². The van der Waals surface area contributed by atoms with Gasteiger partial charge >= 0.3 is 0 Å². The fourth-order valence-electron chi connectivity index (χ4n) is 3.62. The van der Waals surface area contributed by atoms with Crippen molar-refractivity contribution in [1.29, 1.82) is 0 Å². The van der Waals surface area contributed by atoms with E-state index in [1.54, 1.807) is 0 Å². The molecule has 3 heteroatoms. The van der Waals surface area contributed by atoms with Crippen LogP contribution >= 0.6 is 0 Å². The highest BCUT2D eigenvalue weighted by molar-refractivity contribution is 5.94. The predicted octanol–water partition coefficient (Wildman–Crippen LogP) is 4.93. The van der Waals surface area contributed by atoms with E-state index in [9.17, 15) is 4.79 Å². The zero-order valence-electron chi connectivity index (χ0n) is 14.6. The largest absolute Gasteiger partial charge is 0.326 e. The molecule has 0 spiro atoms. The fraction of sp³-hybridized carbons (Fsp3) is 0.208. The van der Waals surface area contributed by atoms with Crippen LogP contribution in [0, 0.1) is 5.92 Å². The molecule has 138 valence electrons. The van der Waals surface area contributed by atoms with E-state index >= 15 is 0 Å². The Morgan fingerprint density at radius 3 is 2.04 bits per heavy atom.